The molecule has 0 aliphatic rings. The van der Waals surface area contributed by atoms with Crippen molar-refractivity contribution >= 4 is 23.4 Å². The molecule has 0 atom stereocenters. The lowest BCUT2D eigenvalue weighted by Gasteiger charge is -2.20. The Morgan fingerprint density at radius 1 is 1.20 bits per heavy atom. The van der Waals surface area contributed by atoms with E-state index in [9.17, 15) is 9.59 Å². The average molecular weight is 364 g/mol. The largest absolute Gasteiger partial charge is 0.347 e. The summed E-state index contributed by atoms with van der Waals surface area (Å²) in [7, 11) is 3.31. The maximum atomic E-state index is 12.7. The van der Waals surface area contributed by atoms with Gasteiger partial charge in [0.15, 0.2) is 0 Å². The van der Waals surface area contributed by atoms with Crippen LogP contribution < -0.4 is 0 Å². The second kappa shape index (κ2) is 8.11. The van der Waals surface area contributed by atoms with Crippen molar-refractivity contribution in [2.45, 2.75) is 20.3 Å². The third-order valence-electron chi connectivity index (χ3n) is 3.76. The zero-order valence-electron chi connectivity index (χ0n) is 14.9. The first-order valence-corrected chi connectivity index (χ1v) is 8.47. The molecule has 2 aromatic rings. The molecule has 0 aliphatic heterocycles. The van der Waals surface area contributed by atoms with Gasteiger partial charge < -0.3 is 9.80 Å². The fourth-order valence-corrected chi connectivity index (χ4v) is 2.47. The van der Waals surface area contributed by atoms with Gasteiger partial charge in [-0.05, 0) is 19.1 Å². The molecule has 0 saturated heterocycles. The maximum Gasteiger partial charge on any atom is 0.294 e. The van der Waals surface area contributed by atoms with Crippen LogP contribution in [0.5, 0.6) is 0 Å². The molecule has 25 heavy (non-hydrogen) atoms. The molecule has 0 bridgehead atoms. The van der Waals surface area contributed by atoms with E-state index >= 15 is 0 Å². The fraction of sp³-hybridized carbons (Fsp3) is 0.412. The Morgan fingerprint density at radius 3 is 2.44 bits per heavy atom. The summed E-state index contributed by atoms with van der Waals surface area (Å²) in [5.41, 5.74) is 0.667. The third kappa shape index (κ3) is 4.17. The molecule has 0 N–H and O–H groups in total. The maximum absolute atomic E-state index is 12.7. The molecule has 0 unspecified atom stereocenters. The van der Waals surface area contributed by atoms with Gasteiger partial charge in [-0.3, -0.25) is 9.59 Å². The van der Waals surface area contributed by atoms with Crippen molar-refractivity contribution in [2.75, 3.05) is 27.2 Å². The smallest absolute Gasteiger partial charge is 0.294 e. The molecule has 1 aromatic heterocycles. The molecule has 0 aliphatic carbocycles. The predicted octanol–water partition coefficient (Wildman–Crippen LogP) is 2.03. The Hall–Kier alpha value is -2.41. The standard InChI is InChI=1S/C17H22ClN5O2/c1-5-14-19-16(17(25)22(6-2)11-15(24)21(3)4)20-23(14)13-10-8-7-9-12(13)18/h7-10H,5-6,11H2,1-4H3. The highest BCUT2D eigenvalue weighted by atomic mass is 35.5. The normalized spacial score (nSPS) is 10.6. The minimum absolute atomic E-state index is 0.00950. The first kappa shape index (κ1) is 18.9. The molecule has 0 radical (unpaired) electrons. The van der Waals surface area contributed by atoms with Gasteiger partial charge in [-0.2, -0.15) is 0 Å². The number of para-hydroxylation sites is 1. The van der Waals surface area contributed by atoms with Gasteiger partial charge >= 0.3 is 0 Å². The van der Waals surface area contributed by atoms with Crippen molar-refractivity contribution in [1.82, 2.24) is 24.6 Å². The van der Waals surface area contributed by atoms with Crippen molar-refractivity contribution < 1.29 is 9.59 Å². The SMILES string of the molecule is CCc1nc(C(=O)N(CC)CC(=O)N(C)C)nn1-c1ccccc1Cl. The van der Waals surface area contributed by atoms with E-state index < -0.39 is 0 Å². The summed E-state index contributed by atoms with van der Waals surface area (Å²) < 4.78 is 1.58. The quantitative estimate of drug-likeness (QED) is 0.787. The lowest BCUT2D eigenvalue weighted by molar-refractivity contribution is -0.129. The van der Waals surface area contributed by atoms with Gasteiger partial charge in [0.1, 0.15) is 12.4 Å². The summed E-state index contributed by atoms with van der Waals surface area (Å²) in [6.07, 6.45) is 0.592. The Morgan fingerprint density at radius 2 is 1.88 bits per heavy atom. The van der Waals surface area contributed by atoms with E-state index in [0.717, 1.165) is 0 Å². The molecule has 1 heterocycles. The Bertz CT molecular complexity index is 772. The highest BCUT2D eigenvalue weighted by molar-refractivity contribution is 6.32. The van der Waals surface area contributed by atoms with Gasteiger partial charge in [-0.15, -0.1) is 5.10 Å². The molecule has 0 fully saturated rings. The molecule has 0 saturated carbocycles. The first-order chi connectivity index (χ1) is 11.9. The summed E-state index contributed by atoms with van der Waals surface area (Å²) in [6, 6.07) is 7.25. The van der Waals surface area contributed by atoms with Crippen LogP contribution in [-0.4, -0.2) is 63.6 Å². The topological polar surface area (TPSA) is 71.3 Å². The number of halogens is 1. The van der Waals surface area contributed by atoms with E-state index in [2.05, 4.69) is 10.1 Å². The van der Waals surface area contributed by atoms with Gasteiger partial charge in [0.05, 0.1) is 10.7 Å². The highest BCUT2D eigenvalue weighted by Gasteiger charge is 2.24. The number of hydrogen-bond donors (Lipinski definition) is 0. The number of aryl methyl sites for hydroxylation is 1. The number of carbonyl (C=O) groups is 2. The summed E-state index contributed by atoms with van der Waals surface area (Å²) in [6.45, 7) is 4.12. The van der Waals surface area contributed by atoms with E-state index in [1.54, 1.807) is 24.8 Å². The highest BCUT2D eigenvalue weighted by Crippen LogP contribution is 2.21. The minimum Gasteiger partial charge on any atom is -0.347 e. The van der Waals surface area contributed by atoms with Crippen LogP contribution in [0.3, 0.4) is 0 Å². The Kier molecular flexibility index (Phi) is 6.14. The van der Waals surface area contributed by atoms with Gasteiger partial charge in [-0.1, -0.05) is 30.7 Å². The van der Waals surface area contributed by atoms with Crippen molar-refractivity contribution in [3.63, 3.8) is 0 Å². The number of aromatic nitrogens is 3. The molecule has 0 spiro atoms. The number of nitrogens with zero attached hydrogens (tertiary/aromatic N) is 5. The predicted molar refractivity (Wildman–Crippen MR) is 96.0 cm³/mol. The van der Waals surface area contributed by atoms with Crippen molar-refractivity contribution in [3.8, 4) is 5.69 Å². The van der Waals surface area contributed by atoms with Crippen LogP contribution >= 0.6 is 11.6 Å². The van der Waals surface area contributed by atoms with Crippen LogP contribution in [0, 0.1) is 0 Å². The minimum atomic E-state index is -0.377. The second-order valence-electron chi connectivity index (χ2n) is 5.68. The molecule has 134 valence electrons. The third-order valence-corrected chi connectivity index (χ3v) is 4.08. The van der Waals surface area contributed by atoms with E-state index in [1.165, 1.54) is 9.80 Å². The van der Waals surface area contributed by atoms with Crippen molar-refractivity contribution in [2.24, 2.45) is 0 Å². The summed E-state index contributed by atoms with van der Waals surface area (Å²) in [5, 5.41) is 4.86. The van der Waals surface area contributed by atoms with Crippen molar-refractivity contribution in [1.29, 1.82) is 0 Å². The first-order valence-electron chi connectivity index (χ1n) is 8.09. The molecular formula is C17H22ClN5O2. The second-order valence-corrected chi connectivity index (χ2v) is 6.08. The number of benzene rings is 1. The van der Waals surface area contributed by atoms with E-state index in [1.807, 2.05) is 32.0 Å². The molecule has 2 amide bonds. The van der Waals surface area contributed by atoms with Crippen LogP contribution in [0.4, 0.5) is 0 Å². The molecule has 2 rings (SSSR count). The number of rotatable bonds is 6. The van der Waals surface area contributed by atoms with Gasteiger partial charge in [0.25, 0.3) is 5.91 Å². The lowest BCUT2D eigenvalue weighted by Crippen LogP contribution is -2.40. The lowest BCUT2D eigenvalue weighted by atomic mass is 10.3. The van der Waals surface area contributed by atoms with Gasteiger partial charge in [0, 0.05) is 27.1 Å². The fourth-order valence-electron chi connectivity index (χ4n) is 2.25. The number of carbonyl (C=O) groups excluding carboxylic acids is 2. The molecule has 7 nitrogen and oxygen atoms in total. The van der Waals surface area contributed by atoms with Gasteiger partial charge in [-0.25, -0.2) is 9.67 Å². The van der Waals surface area contributed by atoms with Crippen LogP contribution in [0.1, 0.15) is 30.3 Å². The summed E-state index contributed by atoms with van der Waals surface area (Å²) >= 11 is 6.24. The number of amides is 2. The van der Waals surface area contributed by atoms with E-state index in [0.29, 0.717) is 29.5 Å². The van der Waals surface area contributed by atoms with E-state index in [4.69, 9.17) is 11.6 Å². The zero-order chi connectivity index (χ0) is 18.6. The zero-order valence-corrected chi connectivity index (χ0v) is 15.6. The van der Waals surface area contributed by atoms with Crippen LogP contribution in [-0.2, 0) is 11.2 Å². The van der Waals surface area contributed by atoms with Crippen LogP contribution in [0.15, 0.2) is 24.3 Å². The van der Waals surface area contributed by atoms with Crippen LogP contribution in [0.2, 0.25) is 5.02 Å². The Labute approximate surface area is 152 Å². The molecular weight excluding hydrogens is 342 g/mol. The van der Waals surface area contributed by atoms with Crippen LogP contribution in [0.25, 0.3) is 5.69 Å². The average Bonchev–Trinajstić information content (AvgIpc) is 3.03. The number of likely N-dealkylation sites (N-methyl/N-ethyl adjacent to an activating group) is 2. The summed E-state index contributed by atoms with van der Waals surface area (Å²) in [5.74, 6) is 0.159. The number of hydrogen-bond acceptors (Lipinski definition) is 4. The van der Waals surface area contributed by atoms with Crippen molar-refractivity contribution in [3.05, 3.63) is 40.9 Å². The summed E-state index contributed by atoms with van der Waals surface area (Å²) in [4.78, 5) is 31.8. The molecule has 1 aromatic carbocycles. The monoisotopic (exact) mass is 363 g/mol. The van der Waals surface area contributed by atoms with Gasteiger partial charge in [0.2, 0.25) is 11.7 Å². The van der Waals surface area contributed by atoms with E-state index in [-0.39, 0.29) is 24.2 Å². The Balaban J connectivity index is 2.35. The molecule has 8 heteroatoms.